The average molecular weight is 509 g/mol. The van der Waals surface area contributed by atoms with Crippen LogP contribution in [0.15, 0.2) is 66.9 Å². The van der Waals surface area contributed by atoms with Crippen LogP contribution in [0.1, 0.15) is 17.1 Å². The van der Waals surface area contributed by atoms with Crippen molar-refractivity contribution in [3.05, 3.63) is 78.1 Å². The number of hydrogen-bond donors (Lipinski definition) is 2. The van der Waals surface area contributed by atoms with Gasteiger partial charge in [0.1, 0.15) is 31.3 Å². The van der Waals surface area contributed by atoms with Crippen molar-refractivity contribution in [3.8, 4) is 16.9 Å². The van der Waals surface area contributed by atoms with E-state index in [9.17, 15) is 23.2 Å². The molecule has 11 heteroatoms. The largest absolute Gasteiger partial charge is 0.492 e. The number of rotatable bonds is 8. The van der Waals surface area contributed by atoms with Gasteiger partial charge in [-0.05, 0) is 47.5 Å². The minimum atomic E-state index is -4.36. The maximum absolute atomic E-state index is 12.7. The van der Waals surface area contributed by atoms with E-state index >= 15 is 0 Å². The minimum absolute atomic E-state index is 0.236. The summed E-state index contributed by atoms with van der Waals surface area (Å²) >= 11 is 0. The number of pyridine rings is 1. The highest BCUT2D eigenvalue weighted by atomic mass is 31.2. The molecule has 2 heterocycles. The first-order chi connectivity index (χ1) is 16.7. The summed E-state index contributed by atoms with van der Waals surface area (Å²) in [5, 5.41) is 10.3. The summed E-state index contributed by atoms with van der Waals surface area (Å²) in [6, 6.07) is 15.5. The highest BCUT2D eigenvalue weighted by Crippen LogP contribution is 2.69. The van der Waals surface area contributed by atoms with Gasteiger partial charge in [-0.1, -0.05) is 24.3 Å². The minimum Gasteiger partial charge on any atom is -0.492 e. The lowest BCUT2D eigenvalue weighted by molar-refractivity contribution is -0.137. The van der Waals surface area contributed by atoms with Gasteiger partial charge in [-0.2, -0.15) is 27.1 Å². The Morgan fingerprint density at radius 1 is 1.00 bits per heavy atom. The topological polar surface area (TPSA) is 84.3 Å². The van der Waals surface area contributed by atoms with Crippen molar-refractivity contribution in [3.63, 3.8) is 0 Å². The third-order valence-corrected chi connectivity index (χ3v) is 7.50. The third kappa shape index (κ3) is 6.09. The molecule has 0 spiro atoms. The Hall–Kier alpha value is -2.75. The summed E-state index contributed by atoms with van der Waals surface area (Å²) in [6.07, 6.45) is -2.77. The van der Waals surface area contributed by atoms with Crippen molar-refractivity contribution in [1.82, 2.24) is 4.98 Å². The van der Waals surface area contributed by atoms with E-state index in [1.54, 1.807) is 42.6 Å². The molecule has 1 saturated heterocycles. The van der Waals surface area contributed by atoms with Crippen molar-refractivity contribution in [1.29, 1.82) is 0 Å². The number of hydrogen-bond acceptors (Lipinski definition) is 7. The average Bonchev–Trinajstić information content (AvgIpc) is 3.31. The van der Waals surface area contributed by atoms with Crippen LogP contribution in [0.2, 0.25) is 0 Å². The van der Waals surface area contributed by atoms with Gasteiger partial charge in [-0.25, -0.2) is 0 Å². The van der Waals surface area contributed by atoms with Crippen molar-refractivity contribution >= 4 is 13.6 Å². The van der Waals surface area contributed by atoms with Gasteiger partial charge in [0.15, 0.2) is 0 Å². The number of halogens is 3. The standard InChI is InChI=1S/C24H25F3N2O5P/c1-29(20-8-11-22(28-16-20)23(30)35(31)33-14-15-34-35)12-13-32-21-9-4-18(5-10-21)17-2-6-19(7-3-17)24(25,26)27/h2-11,16,23,30-31H,12-15H2,1H3/q+1. The quantitative estimate of drug-likeness (QED) is 0.410. The van der Waals surface area contributed by atoms with E-state index in [1.165, 1.54) is 12.1 Å². The number of benzene rings is 2. The van der Waals surface area contributed by atoms with Gasteiger partial charge >= 0.3 is 14.1 Å². The fourth-order valence-corrected chi connectivity index (χ4v) is 5.00. The van der Waals surface area contributed by atoms with Crippen LogP contribution in [0.3, 0.4) is 0 Å². The molecule has 4 rings (SSSR count). The molecule has 186 valence electrons. The maximum atomic E-state index is 12.7. The number of aliphatic hydroxyl groups excluding tert-OH is 1. The Labute approximate surface area is 201 Å². The molecule has 3 aromatic rings. The van der Waals surface area contributed by atoms with E-state index in [1.807, 2.05) is 11.9 Å². The summed E-state index contributed by atoms with van der Waals surface area (Å²) in [4.78, 5) is 16.4. The van der Waals surface area contributed by atoms with Gasteiger partial charge in [0, 0.05) is 7.05 Å². The molecule has 1 atom stereocenters. The lowest BCUT2D eigenvalue weighted by atomic mass is 10.0. The highest BCUT2D eigenvalue weighted by molar-refractivity contribution is 7.60. The molecular formula is C24H25F3N2O5P+. The van der Waals surface area contributed by atoms with Crippen molar-refractivity contribution < 1.29 is 37.0 Å². The number of anilines is 1. The van der Waals surface area contributed by atoms with Crippen molar-refractivity contribution in [2.75, 3.05) is 38.3 Å². The smallest absolute Gasteiger partial charge is 0.446 e. The first kappa shape index (κ1) is 25.3. The monoisotopic (exact) mass is 509 g/mol. The Morgan fingerprint density at radius 2 is 1.60 bits per heavy atom. The summed E-state index contributed by atoms with van der Waals surface area (Å²) in [7, 11) is -1.47. The van der Waals surface area contributed by atoms with Crippen LogP contribution in [-0.2, 0) is 15.2 Å². The second kappa shape index (κ2) is 10.5. The molecule has 7 nitrogen and oxygen atoms in total. The molecule has 1 fully saturated rings. The van der Waals surface area contributed by atoms with E-state index in [0.717, 1.165) is 23.4 Å². The Kier molecular flexibility index (Phi) is 7.59. The zero-order chi connectivity index (χ0) is 25.1. The number of nitrogens with zero attached hydrogens (tertiary/aromatic N) is 2. The van der Waals surface area contributed by atoms with Gasteiger partial charge < -0.3 is 14.7 Å². The number of ether oxygens (including phenoxy) is 1. The molecule has 0 amide bonds. The van der Waals surface area contributed by atoms with E-state index in [0.29, 0.717) is 24.5 Å². The Bertz CT molecular complexity index is 1110. The lowest BCUT2D eigenvalue weighted by Gasteiger charge is -2.20. The molecule has 1 unspecified atom stereocenters. The predicted molar refractivity (Wildman–Crippen MR) is 126 cm³/mol. The normalized spacial score (nSPS) is 16.2. The Balaban J connectivity index is 1.28. The first-order valence-electron chi connectivity index (χ1n) is 10.8. The molecule has 0 radical (unpaired) electrons. The second-order valence-electron chi connectivity index (χ2n) is 7.92. The fraction of sp³-hybridized carbons (Fsp3) is 0.292. The van der Waals surface area contributed by atoms with Crippen molar-refractivity contribution in [2.45, 2.75) is 12.0 Å². The molecule has 35 heavy (non-hydrogen) atoms. The number of aromatic nitrogens is 1. The van der Waals surface area contributed by atoms with Crippen LogP contribution in [0, 0.1) is 0 Å². The fourth-order valence-electron chi connectivity index (χ4n) is 3.48. The van der Waals surface area contributed by atoms with Crippen LogP contribution in [0.5, 0.6) is 5.75 Å². The van der Waals surface area contributed by atoms with Crippen LogP contribution >= 0.6 is 7.94 Å². The summed E-state index contributed by atoms with van der Waals surface area (Å²) in [5.74, 6) is -0.683. The van der Waals surface area contributed by atoms with Crippen LogP contribution in [0.4, 0.5) is 18.9 Å². The summed E-state index contributed by atoms with van der Waals surface area (Å²) in [5.41, 5.74) is 1.86. The number of likely N-dealkylation sites (N-methyl/N-ethyl adjacent to an activating group) is 1. The van der Waals surface area contributed by atoms with Gasteiger partial charge in [0.05, 0.1) is 24.0 Å². The summed E-state index contributed by atoms with van der Waals surface area (Å²) in [6.45, 7) is 1.40. The molecule has 1 aliphatic heterocycles. The lowest BCUT2D eigenvalue weighted by Crippen LogP contribution is -2.24. The van der Waals surface area contributed by atoms with Crippen LogP contribution in [0.25, 0.3) is 11.1 Å². The number of aliphatic hydroxyl groups is 1. The van der Waals surface area contributed by atoms with Gasteiger partial charge in [-0.3, -0.25) is 4.98 Å². The van der Waals surface area contributed by atoms with E-state index in [-0.39, 0.29) is 18.9 Å². The SMILES string of the molecule is CN(CCOc1ccc(-c2ccc(C(F)(F)F)cc2)cc1)c1ccc(C(O)[P+]2(O)OCCO2)nc1. The van der Waals surface area contributed by atoms with Gasteiger partial charge in [0.2, 0.25) is 0 Å². The Morgan fingerprint density at radius 3 is 2.14 bits per heavy atom. The van der Waals surface area contributed by atoms with Gasteiger partial charge in [-0.15, -0.1) is 0 Å². The zero-order valence-corrected chi connectivity index (χ0v) is 19.7. The predicted octanol–water partition coefficient (Wildman–Crippen LogP) is 5.08. The molecule has 0 aliphatic carbocycles. The van der Waals surface area contributed by atoms with Crippen LogP contribution < -0.4 is 9.64 Å². The third-order valence-electron chi connectivity index (χ3n) is 5.52. The molecule has 2 aromatic carbocycles. The second-order valence-corrected chi connectivity index (χ2v) is 10.0. The van der Waals surface area contributed by atoms with E-state index < -0.39 is 25.5 Å². The van der Waals surface area contributed by atoms with E-state index in [2.05, 4.69) is 4.98 Å². The number of alkyl halides is 3. The van der Waals surface area contributed by atoms with E-state index in [4.69, 9.17) is 13.8 Å². The molecule has 1 aromatic heterocycles. The highest BCUT2D eigenvalue weighted by Gasteiger charge is 2.55. The molecule has 0 saturated carbocycles. The first-order valence-corrected chi connectivity index (χ1v) is 12.5. The summed E-state index contributed by atoms with van der Waals surface area (Å²) < 4.78 is 54.3. The van der Waals surface area contributed by atoms with Gasteiger partial charge in [0.25, 0.3) is 5.85 Å². The molecule has 1 aliphatic rings. The zero-order valence-electron chi connectivity index (χ0n) is 18.9. The van der Waals surface area contributed by atoms with Crippen LogP contribution in [-0.4, -0.2) is 48.4 Å². The molecule has 0 bridgehead atoms. The molecule has 2 N–H and O–H groups in total. The maximum Gasteiger partial charge on any atom is 0.446 e. The molecular weight excluding hydrogens is 484 g/mol. The van der Waals surface area contributed by atoms with Crippen molar-refractivity contribution in [2.24, 2.45) is 0 Å².